The van der Waals surface area contributed by atoms with Crippen LogP contribution < -0.4 is 0 Å². The van der Waals surface area contributed by atoms with Gasteiger partial charge in [-0.1, -0.05) is 6.42 Å². The molecule has 1 aliphatic carbocycles. The van der Waals surface area contributed by atoms with E-state index in [9.17, 15) is 4.79 Å². The molecular formula is C9H11NO2S. The minimum absolute atomic E-state index is 0.0587. The van der Waals surface area contributed by atoms with Gasteiger partial charge in [0.1, 0.15) is 0 Å². The highest BCUT2D eigenvalue weighted by atomic mass is 32.1. The van der Waals surface area contributed by atoms with E-state index in [0.717, 1.165) is 5.01 Å². The third-order valence-electron chi connectivity index (χ3n) is 2.36. The zero-order valence-electron chi connectivity index (χ0n) is 7.19. The minimum atomic E-state index is -0.801. The molecule has 13 heavy (non-hydrogen) atoms. The van der Waals surface area contributed by atoms with E-state index in [1.807, 2.05) is 5.38 Å². The first-order valence-electron chi connectivity index (χ1n) is 4.42. The summed E-state index contributed by atoms with van der Waals surface area (Å²) >= 11 is 1.60. The summed E-state index contributed by atoms with van der Waals surface area (Å²) in [4.78, 5) is 14.7. The minimum Gasteiger partial charge on any atom is -0.481 e. The molecule has 1 fully saturated rings. The van der Waals surface area contributed by atoms with Crippen LogP contribution in [0.4, 0.5) is 0 Å². The van der Waals surface area contributed by atoms with E-state index in [4.69, 9.17) is 5.11 Å². The Bertz CT molecular complexity index is 317. The number of carboxylic acid groups (broad SMARTS) is 1. The Morgan fingerprint density at radius 3 is 3.00 bits per heavy atom. The fourth-order valence-corrected chi connectivity index (χ4v) is 2.39. The summed E-state index contributed by atoms with van der Waals surface area (Å²) in [5.41, 5.74) is 0.708. The van der Waals surface area contributed by atoms with Crippen molar-refractivity contribution in [3.05, 3.63) is 16.1 Å². The highest BCUT2D eigenvalue weighted by Gasteiger charge is 2.22. The van der Waals surface area contributed by atoms with Crippen LogP contribution in [0.1, 0.15) is 35.9 Å². The Morgan fingerprint density at radius 2 is 2.46 bits per heavy atom. The molecule has 0 unspecified atom stereocenters. The van der Waals surface area contributed by atoms with Gasteiger partial charge in [0.15, 0.2) is 0 Å². The highest BCUT2D eigenvalue weighted by Crippen LogP contribution is 2.37. The lowest BCUT2D eigenvalue weighted by Crippen LogP contribution is -2.08. The number of nitrogens with zero attached hydrogens (tertiary/aromatic N) is 1. The summed E-state index contributed by atoms with van der Waals surface area (Å²) in [6, 6.07) is 0. The molecule has 0 aliphatic heterocycles. The van der Waals surface area contributed by atoms with E-state index in [0.29, 0.717) is 11.6 Å². The monoisotopic (exact) mass is 197 g/mol. The normalized spacial score (nSPS) is 16.9. The molecule has 1 aromatic heterocycles. The van der Waals surface area contributed by atoms with Gasteiger partial charge in [-0.15, -0.1) is 11.3 Å². The van der Waals surface area contributed by atoms with Gasteiger partial charge in [-0.2, -0.15) is 0 Å². The third kappa shape index (κ3) is 1.88. The lowest BCUT2D eigenvalue weighted by atomic mass is 9.86. The van der Waals surface area contributed by atoms with Crippen molar-refractivity contribution in [3.63, 3.8) is 0 Å². The Labute approximate surface area is 80.4 Å². The Kier molecular flexibility index (Phi) is 2.31. The van der Waals surface area contributed by atoms with Crippen LogP contribution in [0.5, 0.6) is 0 Å². The van der Waals surface area contributed by atoms with Gasteiger partial charge in [0.25, 0.3) is 0 Å². The summed E-state index contributed by atoms with van der Waals surface area (Å²) in [6.07, 6.45) is 3.79. The predicted octanol–water partition coefficient (Wildman–Crippen LogP) is 2.04. The first-order valence-corrected chi connectivity index (χ1v) is 5.30. The number of rotatable bonds is 3. The predicted molar refractivity (Wildman–Crippen MR) is 50.0 cm³/mol. The molecule has 4 heteroatoms. The molecule has 0 saturated heterocycles. The van der Waals surface area contributed by atoms with Crippen LogP contribution in [0.15, 0.2) is 5.38 Å². The van der Waals surface area contributed by atoms with E-state index < -0.39 is 5.97 Å². The van der Waals surface area contributed by atoms with Crippen LogP contribution >= 0.6 is 11.3 Å². The van der Waals surface area contributed by atoms with E-state index >= 15 is 0 Å². The molecular weight excluding hydrogens is 186 g/mol. The molecule has 1 N–H and O–H groups in total. The van der Waals surface area contributed by atoms with Crippen LogP contribution in [0.25, 0.3) is 0 Å². The first-order chi connectivity index (χ1) is 6.25. The number of aliphatic carboxylic acids is 1. The topological polar surface area (TPSA) is 50.2 Å². The van der Waals surface area contributed by atoms with Gasteiger partial charge in [-0.05, 0) is 12.8 Å². The number of carboxylic acids is 1. The van der Waals surface area contributed by atoms with Gasteiger partial charge < -0.3 is 5.11 Å². The molecule has 2 rings (SSSR count). The number of carbonyl (C=O) groups is 1. The van der Waals surface area contributed by atoms with Crippen molar-refractivity contribution < 1.29 is 9.90 Å². The quantitative estimate of drug-likeness (QED) is 0.806. The van der Waals surface area contributed by atoms with E-state index in [-0.39, 0.29) is 6.42 Å². The largest absolute Gasteiger partial charge is 0.481 e. The van der Waals surface area contributed by atoms with E-state index in [1.165, 1.54) is 19.3 Å². The van der Waals surface area contributed by atoms with Crippen molar-refractivity contribution in [2.75, 3.05) is 0 Å². The SMILES string of the molecule is O=C(O)Cc1csc(C2CCC2)n1. The number of hydrogen-bond acceptors (Lipinski definition) is 3. The van der Waals surface area contributed by atoms with E-state index in [1.54, 1.807) is 11.3 Å². The van der Waals surface area contributed by atoms with Crippen molar-refractivity contribution in [2.24, 2.45) is 0 Å². The summed E-state index contributed by atoms with van der Waals surface area (Å²) in [6.45, 7) is 0. The second kappa shape index (κ2) is 3.46. The zero-order chi connectivity index (χ0) is 9.26. The van der Waals surface area contributed by atoms with Crippen LogP contribution in [-0.4, -0.2) is 16.1 Å². The molecule has 0 aromatic carbocycles. The molecule has 0 bridgehead atoms. The zero-order valence-corrected chi connectivity index (χ0v) is 8.01. The fourth-order valence-electron chi connectivity index (χ4n) is 1.40. The van der Waals surface area contributed by atoms with Crippen LogP contribution in [0.3, 0.4) is 0 Å². The smallest absolute Gasteiger partial charge is 0.309 e. The van der Waals surface area contributed by atoms with Crippen LogP contribution in [-0.2, 0) is 11.2 Å². The second-order valence-electron chi connectivity index (χ2n) is 3.38. The summed E-state index contributed by atoms with van der Waals surface area (Å²) in [5, 5.41) is 11.5. The molecule has 1 heterocycles. The third-order valence-corrected chi connectivity index (χ3v) is 3.41. The molecule has 0 atom stereocenters. The summed E-state index contributed by atoms with van der Waals surface area (Å²) in [7, 11) is 0. The standard InChI is InChI=1S/C9H11NO2S/c11-8(12)4-7-5-13-9(10-7)6-2-1-3-6/h5-6H,1-4H2,(H,11,12). The maximum atomic E-state index is 10.4. The maximum Gasteiger partial charge on any atom is 0.309 e. The number of aromatic nitrogens is 1. The lowest BCUT2D eigenvalue weighted by molar-refractivity contribution is -0.136. The maximum absolute atomic E-state index is 10.4. The van der Waals surface area contributed by atoms with Crippen molar-refractivity contribution in [1.29, 1.82) is 0 Å². The van der Waals surface area contributed by atoms with Gasteiger partial charge in [0.2, 0.25) is 0 Å². The molecule has 1 saturated carbocycles. The van der Waals surface area contributed by atoms with Crippen molar-refractivity contribution in [3.8, 4) is 0 Å². The molecule has 0 spiro atoms. The van der Waals surface area contributed by atoms with Crippen LogP contribution in [0.2, 0.25) is 0 Å². The van der Waals surface area contributed by atoms with Gasteiger partial charge in [-0.25, -0.2) is 4.98 Å². The average Bonchev–Trinajstić information content (AvgIpc) is 2.31. The Hall–Kier alpha value is -0.900. The number of thiazole rings is 1. The highest BCUT2D eigenvalue weighted by molar-refractivity contribution is 7.09. The molecule has 3 nitrogen and oxygen atoms in total. The number of hydrogen-bond donors (Lipinski definition) is 1. The van der Waals surface area contributed by atoms with Crippen molar-refractivity contribution in [1.82, 2.24) is 4.98 Å². The van der Waals surface area contributed by atoms with Crippen LogP contribution in [0, 0.1) is 0 Å². The van der Waals surface area contributed by atoms with E-state index in [2.05, 4.69) is 4.98 Å². The molecule has 0 radical (unpaired) electrons. The van der Waals surface area contributed by atoms with Gasteiger partial charge in [0.05, 0.1) is 17.1 Å². The Morgan fingerprint density at radius 1 is 1.69 bits per heavy atom. The Balaban J connectivity index is 2.04. The average molecular weight is 197 g/mol. The first kappa shape index (κ1) is 8.69. The summed E-state index contributed by atoms with van der Waals surface area (Å²) in [5.74, 6) is -0.182. The van der Waals surface area contributed by atoms with Gasteiger partial charge >= 0.3 is 5.97 Å². The second-order valence-corrected chi connectivity index (χ2v) is 4.27. The van der Waals surface area contributed by atoms with Crippen molar-refractivity contribution >= 4 is 17.3 Å². The molecule has 0 amide bonds. The summed E-state index contributed by atoms with van der Waals surface area (Å²) < 4.78 is 0. The molecule has 70 valence electrons. The molecule has 1 aliphatic rings. The molecule has 1 aromatic rings. The van der Waals surface area contributed by atoms with Crippen molar-refractivity contribution in [2.45, 2.75) is 31.6 Å². The fraction of sp³-hybridized carbons (Fsp3) is 0.556. The van der Waals surface area contributed by atoms with Gasteiger partial charge in [0, 0.05) is 11.3 Å². The van der Waals surface area contributed by atoms with Gasteiger partial charge in [-0.3, -0.25) is 4.79 Å². The lowest BCUT2D eigenvalue weighted by Gasteiger charge is -2.22.